The van der Waals surface area contributed by atoms with Crippen molar-refractivity contribution in [3.8, 4) is 0 Å². The first-order chi connectivity index (χ1) is 14.0. The van der Waals surface area contributed by atoms with Crippen LogP contribution in [-0.2, 0) is 22.6 Å². The SMILES string of the molecule is C=CC(=O)N1CCCc2cc(C(=O)N(C)NC(=O)OCc3ccccc3)ccc21. The fraction of sp³-hybridized carbons (Fsp3) is 0.227. The molecular weight excluding hydrogens is 370 g/mol. The van der Waals surface area contributed by atoms with Crippen molar-refractivity contribution in [3.63, 3.8) is 0 Å². The molecule has 29 heavy (non-hydrogen) atoms. The maximum absolute atomic E-state index is 12.7. The van der Waals surface area contributed by atoms with E-state index in [2.05, 4.69) is 12.0 Å². The standard InChI is InChI=1S/C22H23N3O4/c1-3-20(26)25-13-7-10-17-14-18(11-12-19(17)25)21(27)24(2)23-22(28)29-15-16-8-5-4-6-9-16/h3-6,8-9,11-12,14H,1,7,10,13,15H2,2H3,(H,23,28). The predicted molar refractivity (Wildman–Crippen MR) is 109 cm³/mol. The van der Waals surface area contributed by atoms with Crippen LogP contribution in [0.15, 0.2) is 61.2 Å². The highest BCUT2D eigenvalue weighted by Crippen LogP contribution is 2.28. The van der Waals surface area contributed by atoms with Crippen molar-refractivity contribution >= 4 is 23.6 Å². The number of rotatable bonds is 4. The van der Waals surface area contributed by atoms with Crippen molar-refractivity contribution in [2.24, 2.45) is 0 Å². The van der Waals surface area contributed by atoms with E-state index in [0.29, 0.717) is 12.1 Å². The van der Waals surface area contributed by atoms with Gasteiger partial charge >= 0.3 is 6.09 Å². The number of aryl methyl sites for hydroxylation is 1. The number of anilines is 1. The third kappa shape index (κ3) is 4.82. The topological polar surface area (TPSA) is 79.0 Å². The van der Waals surface area contributed by atoms with Crippen molar-refractivity contribution in [1.82, 2.24) is 10.4 Å². The first kappa shape index (κ1) is 20.1. The molecule has 1 aliphatic heterocycles. The van der Waals surface area contributed by atoms with Crippen LogP contribution in [0.3, 0.4) is 0 Å². The van der Waals surface area contributed by atoms with Crippen molar-refractivity contribution in [2.45, 2.75) is 19.4 Å². The zero-order valence-electron chi connectivity index (χ0n) is 16.3. The Labute approximate surface area is 169 Å². The van der Waals surface area contributed by atoms with Gasteiger partial charge in [-0.25, -0.2) is 10.2 Å². The number of hydrazine groups is 1. The molecule has 0 atom stereocenters. The summed E-state index contributed by atoms with van der Waals surface area (Å²) in [5, 5.41) is 1.09. The summed E-state index contributed by atoms with van der Waals surface area (Å²) in [4.78, 5) is 38.3. The summed E-state index contributed by atoms with van der Waals surface area (Å²) < 4.78 is 5.13. The van der Waals surface area contributed by atoms with Gasteiger partial charge in [-0.1, -0.05) is 36.9 Å². The molecule has 1 N–H and O–H groups in total. The van der Waals surface area contributed by atoms with E-state index in [1.807, 2.05) is 30.3 Å². The molecular formula is C22H23N3O4. The number of hydrogen-bond acceptors (Lipinski definition) is 4. The summed E-state index contributed by atoms with van der Waals surface area (Å²) in [7, 11) is 1.46. The second-order valence-corrected chi connectivity index (χ2v) is 6.68. The monoisotopic (exact) mass is 393 g/mol. The summed E-state index contributed by atoms with van der Waals surface area (Å²) in [6, 6.07) is 14.4. The lowest BCUT2D eigenvalue weighted by Gasteiger charge is -2.29. The smallest absolute Gasteiger partial charge is 0.426 e. The Hall–Kier alpha value is -3.61. The van der Waals surface area contributed by atoms with Crippen LogP contribution >= 0.6 is 0 Å². The number of carbonyl (C=O) groups excluding carboxylic acids is 3. The highest BCUT2D eigenvalue weighted by Gasteiger charge is 2.23. The summed E-state index contributed by atoms with van der Waals surface area (Å²) in [5.74, 6) is -0.540. The van der Waals surface area contributed by atoms with Crippen LogP contribution in [0.5, 0.6) is 0 Å². The largest absolute Gasteiger partial charge is 0.443 e. The molecule has 0 spiro atoms. The van der Waals surface area contributed by atoms with Crippen LogP contribution in [0.2, 0.25) is 0 Å². The molecule has 0 aromatic heterocycles. The van der Waals surface area contributed by atoms with Crippen LogP contribution < -0.4 is 10.3 Å². The predicted octanol–water partition coefficient (Wildman–Crippen LogP) is 3.07. The van der Waals surface area contributed by atoms with Gasteiger partial charge in [-0.05, 0) is 48.2 Å². The third-order valence-electron chi connectivity index (χ3n) is 4.66. The summed E-state index contributed by atoms with van der Waals surface area (Å²) >= 11 is 0. The first-order valence-electron chi connectivity index (χ1n) is 9.32. The molecule has 2 aromatic carbocycles. The zero-order valence-corrected chi connectivity index (χ0v) is 16.3. The number of ether oxygens (including phenoxy) is 1. The molecule has 3 rings (SSSR count). The molecule has 0 bridgehead atoms. The van der Waals surface area contributed by atoms with E-state index in [-0.39, 0.29) is 18.4 Å². The molecule has 0 radical (unpaired) electrons. The average Bonchev–Trinajstić information content (AvgIpc) is 2.76. The third-order valence-corrected chi connectivity index (χ3v) is 4.66. The molecule has 150 valence electrons. The summed E-state index contributed by atoms with van der Waals surface area (Å²) in [5.41, 5.74) is 5.38. The minimum absolute atomic E-state index is 0.112. The number of amides is 3. The number of carbonyl (C=O) groups is 3. The molecule has 0 aliphatic carbocycles. The highest BCUT2D eigenvalue weighted by atomic mass is 16.6. The molecule has 0 saturated carbocycles. The van der Waals surface area contributed by atoms with Crippen molar-refractivity contribution in [3.05, 3.63) is 77.9 Å². The van der Waals surface area contributed by atoms with Gasteiger partial charge in [0.15, 0.2) is 0 Å². The van der Waals surface area contributed by atoms with Gasteiger partial charge in [0.25, 0.3) is 5.91 Å². The van der Waals surface area contributed by atoms with Crippen LogP contribution in [0, 0.1) is 0 Å². The van der Waals surface area contributed by atoms with E-state index in [9.17, 15) is 14.4 Å². The number of fused-ring (bicyclic) bond motifs is 1. The van der Waals surface area contributed by atoms with E-state index >= 15 is 0 Å². The normalized spacial score (nSPS) is 12.5. The second kappa shape index (κ2) is 9.05. The van der Waals surface area contributed by atoms with Crippen molar-refractivity contribution < 1.29 is 19.1 Å². The van der Waals surface area contributed by atoms with E-state index < -0.39 is 6.09 Å². The molecule has 2 aromatic rings. The van der Waals surface area contributed by atoms with Gasteiger partial charge in [0.05, 0.1) is 0 Å². The molecule has 0 saturated heterocycles. The van der Waals surface area contributed by atoms with Gasteiger partial charge in [0.1, 0.15) is 6.61 Å². The fourth-order valence-electron chi connectivity index (χ4n) is 3.21. The minimum atomic E-state index is -0.717. The number of hydrogen-bond donors (Lipinski definition) is 1. The van der Waals surface area contributed by atoms with Gasteiger partial charge in [0.2, 0.25) is 5.91 Å². The van der Waals surface area contributed by atoms with E-state index in [0.717, 1.165) is 34.7 Å². The maximum atomic E-state index is 12.7. The van der Waals surface area contributed by atoms with Gasteiger partial charge in [-0.3, -0.25) is 14.6 Å². The molecule has 0 unspecified atom stereocenters. The minimum Gasteiger partial charge on any atom is -0.443 e. The molecule has 7 heteroatoms. The number of nitrogens with one attached hydrogen (secondary N) is 1. The average molecular weight is 393 g/mol. The molecule has 7 nitrogen and oxygen atoms in total. The van der Waals surface area contributed by atoms with Gasteiger partial charge in [0, 0.05) is 24.8 Å². The van der Waals surface area contributed by atoms with Crippen LogP contribution in [0.1, 0.15) is 27.9 Å². The Bertz CT molecular complexity index is 927. The Balaban J connectivity index is 1.63. The highest BCUT2D eigenvalue weighted by molar-refractivity contribution is 6.02. The molecule has 1 heterocycles. The van der Waals surface area contributed by atoms with Crippen molar-refractivity contribution in [2.75, 3.05) is 18.5 Å². The Morgan fingerprint density at radius 3 is 2.69 bits per heavy atom. The molecule has 3 amide bonds. The number of benzene rings is 2. The van der Waals surface area contributed by atoms with E-state index in [1.165, 1.54) is 13.1 Å². The maximum Gasteiger partial charge on any atom is 0.426 e. The first-order valence-corrected chi connectivity index (χ1v) is 9.32. The second-order valence-electron chi connectivity index (χ2n) is 6.68. The van der Waals surface area contributed by atoms with Gasteiger partial charge < -0.3 is 9.64 Å². The van der Waals surface area contributed by atoms with Crippen molar-refractivity contribution in [1.29, 1.82) is 0 Å². The van der Waals surface area contributed by atoms with Crippen LogP contribution in [0.4, 0.5) is 10.5 Å². The lowest BCUT2D eigenvalue weighted by Crippen LogP contribution is -2.43. The fourth-order valence-corrected chi connectivity index (χ4v) is 3.21. The quantitative estimate of drug-likeness (QED) is 0.640. The van der Waals surface area contributed by atoms with Gasteiger partial charge in [-0.15, -0.1) is 0 Å². The molecule has 0 fully saturated rings. The van der Waals surface area contributed by atoms with Crippen LogP contribution in [0.25, 0.3) is 0 Å². The van der Waals surface area contributed by atoms with Crippen LogP contribution in [-0.4, -0.2) is 36.5 Å². The van der Waals surface area contributed by atoms with Gasteiger partial charge in [-0.2, -0.15) is 0 Å². The molecule has 1 aliphatic rings. The summed E-state index contributed by atoms with van der Waals surface area (Å²) in [6.45, 7) is 4.27. The zero-order chi connectivity index (χ0) is 20.8. The Morgan fingerprint density at radius 1 is 1.21 bits per heavy atom. The van der Waals surface area contributed by atoms with E-state index in [1.54, 1.807) is 23.1 Å². The summed E-state index contributed by atoms with van der Waals surface area (Å²) in [6.07, 6.45) is 2.15. The Morgan fingerprint density at radius 2 is 1.97 bits per heavy atom. The van der Waals surface area contributed by atoms with E-state index in [4.69, 9.17) is 4.74 Å². The lowest BCUT2D eigenvalue weighted by atomic mass is 9.98. The lowest BCUT2D eigenvalue weighted by molar-refractivity contribution is -0.114. The number of nitrogens with zero attached hydrogens (tertiary/aromatic N) is 2. The Kier molecular flexibility index (Phi) is 6.29.